The van der Waals surface area contributed by atoms with E-state index < -0.39 is 50.6 Å². The average molecular weight is 831 g/mol. The highest BCUT2D eigenvalue weighted by Crippen LogP contribution is 2.57. The number of nitrogens with zero attached hydrogens (tertiary/aromatic N) is 9. The first-order valence-electron chi connectivity index (χ1n) is 17.0. The molecule has 5 aromatic rings. The fraction of sp³-hybridized carbons (Fsp3) is 0.438. The summed E-state index contributed by atoms with van der Waals surface area (Å²) in [5.74, 6) is -0.771. The molecule has 2 unspecified atom stereocenters. The number of rotatable bonds is 7. The predicted octanol–water partition coefficient (Wildman–Crippen LogP) is 4.47. The van der Waals surface area contributed by atoms with Crippen molar-refractivity contribution in [2.75, 3.05) is 38.3 Å². The van der Waals surface area contributed by atoms with Crippen LogP contribution in [0.4, 0.5) is 10.2 Å². The maximum absolute atomic E-state index is 16.7. The van der Waals surface area contributed by atoms with Crippen molar-refractivity contribution in [3.63, 3.8) is 0 Å². The molecule has 8 rings (SSSR count). The van der Waals surface area contributed by atoms with Gasteiger partial charge in [-0.2, -0.15) is 0 Å². The molecule has 9 atom stereocenters. The van der Waals surface area contributed by atoms with Crippen LogP contribution in [0.15, 0.2) is 55.6 Å². The summed E-state index contributed by atoms with van der Waals surface area (Å²) in [6.07, 6.45) is 0.156. The Balaban J connectivity index is 1.05. The van der Waals surface area contributed by atoms with Crippen LogP contribution in [0, 0.1) is 25.3 Å². The molecule has 1 amide bonds. The van der Waals surface area contributed by atoms with E-state index in [0.717, 1.165) is 5.69 Å². The zero-order chi connectivity index (χ0) is 38.3. The van der Waals surface area contributed by atoms with E-state index >= 15 is 4.39 Å². The highest BCUT2D eigenvalue weighted by molar-refractivity contribution is 8.07. The number of alkyl halides is 1. The van der Waals surface area contributed by atoms with Crippen molar-refractivity contribution in [1.82, 2.24) is 39.0 Å². The number of imidazole rings is 2. The van der Waals surface area contributed by atoms with Crippen LogP contribution in [0.2, 0.25) is 0 Å². The van der Waals surface area contributed by atoms with Gasteiger partial charge in [-0.25, -0.2) is 40.9 Å². The lowest BCUT2D eigenvalue weighted by Crippen LogP contribution is -2.43. The van der Waals surface area contributed by atoms with Gasteiger partial charge in [0, 0.05) is 17.5 Å². The smallest absolute Gasteiger partial charge is 0.327 e. The molecule has 288 valence electrons. The van der Waals surface area contributed by atoms with Gasteiger partial charge in [0.05, 0.1) is 38.2 Å². The molecule has 1 aromatic carbocycles. The number of aryl methyl sites for hydroxylation is 1. The molecule has 4 aromatic heterocycles. The van der Waals surface area contributed by atoms with E-state index in [1.165, 1.54) is 23.5 Å². The first kappa shape index (κ1) is 38.1. The number of benzene rings is 1. The summed E-state index contributed by atoms with van der Waals surface area (Å²) in [6, 6.07) is 8.38. The minimum atomic E-state index is -4.08. The van der Waals surface area contributed by atoms with E-state index in [2.05, 4.69) is 40.1 Å². The Morgan fingerprint density at radius 1 is 1.02 bits per heavy atom. The number of carbonyl (C=O) groups excluding carboxylic acids is 1. The van der Waals surface area contributed by atoms with Crippen LogP contribution >= 0.6 is 13.4 Å². The standard InChI is InChI=1S/C32H33FN10O8P2S2/c1-18-25-29(37-14-35-18)42(16-39-25)22-10-20-11-47-52(45,54)51-27-23(13-49-53(55,46-9-8-34-2)48-12-21(20)22)50-32(24(27)33)43-17-40-26-28(36-15-38-30(26)43)41-31(44)19-6-4-3-5-7-19/h3-7,14-17,20-24,27,32H,8-13H2,1H3,(H,45,54)(H,36,38,41,44)/t20-,21-,22-,23-,24-,27-,32-,52?,53?/m1/s1. The number of hydrogen-bond acceptors (Lipinski definition) is 15. The minimum Gasteiger partial charge on any atom is -0.346 e. The van der Waals surface area contributed by atoms with Crippen LogP contribution in [0.1, 0.15) is 34.7 Å². The Hall–Kier alpha value is -3.77. The fourth-order valence-electron chi connectivity index (χ4n) is 6.85. The van der Waals surface area contributed by atoms with E-state index in [0.29, 0.717) is 23.1 Å². The Morgan fingerprint density at radius 2 is 1.75 bits per heavy atom. The average Bonchev–Trinajstić information content (AvgIpc) is 3.87. The van der Waals surface area contributed by atoms with E-state index in [4.69, 9.17) is 57.5 Å². The summed E-state index contributed by atoms with van der Waals surface area (Å²) in [4.78, 5) is 53.5. The van der Waals surface area contributed by atoms with E-state index in [1.807, 2.05) is 11.5 Å². The molecule has 2 aliphatic heterocycles. The van der Waals surface area contributed by atoms with Gasteiger partial charge in [0.1, 0.15) is 37.0 Å². The minimum absolute atomic E-state index is 0.00478. The summed E-state index contributed by atoms with van der Waals surface area (Å²) < 4.78 is 56.1. The van der Waals surface area contributed by atoms with Gasteiger partial charge in [-0.15, -0.1) is 0 Å². The summed E-state index contributed by atoms with van der Waals surface area (Å²) in [5, 5.41) is 2.72. The number of aromatic nitrogens is 8. The summed E-state index contributed by atoms with van der Waals surface area (Å²) in [5.41, 5.74) is 2.77. The third-order valence-corrected chi connectivity index (χ3v) is 13.6. The highest BCUT2D eigenvalue weighted by Gasteiger charge is 2.52. The lowest BCUT2D eigenvalue weighted by atomic mass is 9.70. The highest BCUT2D eigenvalue weighted by atomic mass is 32.5. The van der Waals surface area contributed by atoms with E-state index in [1.54, 1.807) is 36.7 Å². The number of carbonyl (C=O) groups is 1. The zero-order valence-corrected chi connectivity index (χ0v) is 32.3. The molecule has 2 N–H and O–H groups in total. The summed E-state index contributed by atoms with van der Waals surface area (Å²) in [7, 11) is 0. The second kappa shape index (κ2) is 15.6. The molecular weight excluding hydrogens is 797 g/mol. The van der Waals surface area contributed by atoms with Gasteiger partial charge in [-0.3, -0.25) is 13.9 Å². The number of nitrogens with one attached hydrogen (secondary N) is 1. The van der Waals surface area contributed by atoms with Gasteiger partial charge in [0.25, 0.3) is 5.91 Å². The van der Waals surface area contributed by atoms with Gasteiger partial charge < -0.3 is 42.5 Å². The molecule has 0 bridgehead atoms. The molecule has 3 fully saturated rings. The van der Waals surface area contributed by atoms with Gasteiger partial charge in [-0.05, 0) is 55.0 Å². The van der Waals surface area contributed by atoms with Crippen LogP contribution in [0.5, 0.6) is 0 Å². The number of halogens is 1. The van der Waals surface area contributed by atoms with Crippen molar-refractivity contribution >= 4 is 71.1 Å². The normalized spacial score (nSPS) is 31.3. The third kappa shape index (κ3) is 7.69. The number of ether oxygens (including phenoxy) is 1. The lowest BCUT2D eigenvalue weighted by Gasteiger charge is -2.45. The monoisotopic (exact) mass is 830 g/mol. The summed E-state index contributed by atoms with van der Waals surface area (Å²) >= 11 is 11.2. The largest absolute Gasteiger partial charge is 0.346 e. The Labute approximate surface area is 323 Å². The summed E-state index contributed by atoms with van der Waals surface area (Å²) in [6.45, 7) is 0.974. The zero-order valence-electron chi connectivity index (χ0n) is 28.9. The second-order valence-electron chi connectivity index (χ2n) is 13.0. The number of hydrogen-bond donors (Lipinski definition) is 2. The SMILES string of the molecule is [C-]#[N+]CCOP1(=S)OC[C@@H]2[C@@H](COP(O)(=S)O[C@H]3[C@@H](F)[C@H](n4cnc5c(NC(=O)c6ccccc6)ncnc54)O[C@@H]3CO1)C[C@H]2n1cnc2c(C)ncnc21. The molecule has 3 aliphatic rings. The van der Waals surface area contributed by atoms with Crippen LogP contribution in [-0.4, -0.2) is 101 Å². The molecule has 1 saturated carbocycles. The Bertz CT molecular complexity index is 2370. The quantitative estimate of drug-likeness (QED) is 0.132. The van der Waals surface area contributed by atoms with Crippen molar-refractivity contribution in [3.05, 3.63) is 78.3 Å². The Morgan fingerprint density at radius 3 is 2.55 bits per heavy atom. The molecule has 0 radical (unpaired) electrons. The third-order valence-electron chi connectivity index (χ3n) is 9.69. The van der Waals surface area contributed by atoms with Crippen molar-refractivity contribution in [2.45, 2.75) is 44.0 Å². The maximum Gasteiger partial charge on any atom is 0.327 e. The fourth-order valence-corrected chi connectivity index (χ4v) is 10.1. The molecule has 1 aliphatic carbocycles. The van der Waals surface area contributed by atoms with Crippen LogP contribution in [-0.2, 0) is 51.0 Å². The molecule has 2 saturated heterocycles. The topological polar surface area (TPSA) is 196 Å². The second-order valence-corrected chi connectivity index (χ2v) is 18.8. The number of anilines is 1. The van der Waals surface area contributed by atoms with Gasteiger partial charge in [0.15, 0.2) is 35.0 Å². The van der Waals surface area contributed by atoms with E-state index in [-0.39, 0.29) is 61.2 Å². The molecule has 55 heavy (non-hydrogen) atoms. The lowest BCUT2D eigenvalue weighted by molar-refractivity contribution is -0.0438. The van der Waals surface area contributed by atoms with Crippen molar-refractivity contribution in [3.8, 4) is 0 Å². The van der Waals surface area contributed by atoms with Crippen LogP contribution < -0.4 is 5.32 Å². The predicted molar refractivity (Wildman–Crippen MR) is 200 cm³/mol. The molecule has 23 heteroatoms. The molecule has 6 heterocycles. The first-order valence-corrected chi connectivity index (χ1v) is 22.2. The first-order chi connectivity index (χ1) is 26.5. The van der Waals surface area contributed by atoms with Crippen molar-refractivity contribution in [1.29, 1.82) is 0 Å². The molecule has 18 nitrogen and oxygen atoms in total. The number of amides is 1. The number of fused-ring (bicyclic) bond motifs is 4. The maximum atomic E-state index is 16.7. The molecule has 0 spiro atoms. The van der Waals surface area contributed by atoms with Crippen LogP contribution in [0.3, 0.4) is 0 Å². The van der Waals surface area contributed by atoms with Gasteiger partial charge >= 0.3 is 13.4 Å². The molecular formula is C32H33FN10O8P2S2. The Kier molecular flexibility index (Phi) is 10.8. The van der Waals surface area contributed by atoms with Gasteiger partial charge in [-0.1, -0.05) is 18.2 Å². The van der Waals surface area contributed by atoms with Crippen LogP contribution in [0.25, 0.3) is 27.2 Å². The van der Waals surface area contributed by atoms with Crippen molar-refractivity contribution < 1.29 is 41.4 Å². The van der Waals surface area contributed by atoms with Crippen molar-refractivity contribution in [2.24, 2.45) is 11.8 Å². The van der Waals surface area contributed by atoms with Gasteiger partial charge in [0.2, 0.25) is 6.54 Å². The van der Waals surface area contributed by atoms with E-state index in [9.17, 15) is 9.69 Å².